The van der Waals surface area contributed by atoms with Crippen LogP contribution in [-0.4, -0.2) is 28.3 Å². The monoisotopic (exact) mass is 320 g/mol. The molecule has 17 heavy (non-hydrogen) atoms. The van der Waals surface area contributed by atoms with Gasteiger partial charge >= 0.3 is 5.97 Å². The zero-order valence-corrected chi connectivity index (χ0v) is 12.4. The number of hydrogen-bond donors (Lipinski definition) is 1. The molecule has 0 saturated carbocycles. The summed E-state index contributed by atoms with van der Waals surface area (Å²) >= 11 is 4.34. The Labute approximate surface area is 112 Å². The summed E-state index contributed by atoms with van der Waals surface area (Å²) in [6, 6.07) is 0. The van der Waals surface area contributed by atoms with Gasteiger partial charge in [0.25, 0.3) is 0 Å². The van der Waals surface area contributed by atoms with E-state index in [4.69, 9.17) is 0 Å². The van der Waals surface area contributed by atoms with Gasteiger partial charge in [-0.25, -0.2) is 9.78 Å². The van der Waals surface area contributed by atoms with Crippen molar-refractivity contribution in [2.45, 2.75) is 25.1 Å². The molecule has 0 saturated heterocycles. The number of esters is 1. The third-order valence-electron chi connectivity index (χ3n) is 1.93. The van der Waals surface area contributed by atoms with Gasteiger partial charge in [0.15, 0.2) is 5.13 Å². The predicted molar refractivity (Wildman–Crippen MR) is 69.8 cm³/mol. The third-order valence-corrected chi connectivity index (χ3v) is 3.34. The Morgan fingerprint density at radius 3 is 2.53 bits per heavy atom. The molecule has 0 aliphatic carbocycles. The fourth-order valence-electron chi connectivity index (χ4n) is 0.978. The average molecular weight is 321 g/mol. The molecule has 1 aromatic heterocycles. The highest BCUT2D eigenvalue weighted by molar-refractivity contribution is 9.10. The van der Waals surface area contributed by atoms with Gasteiger partial charge in [-0.1, -0.05) is 27.3 Å². The highest BCUT2D eigenvalue weighted by atomic mass is 79.9. The SMILES string of the molecule is COC(=O)c1sc(NC(=O)C(C)(C)Br)nc1C. The summed E-state index contributed by atoms with van der Waals surface area (Å²) in [5.74, 6) is -0.665. The number of halogens is 1. The van der Waals surface area contributed by atoms with Gasteiger partial charge in [0.05, 0.1) is 17.1 Å². The van der Waals surface area contributed by atoms with Crippen LogP contribution in [0.5, 0.6) is 0 Å². The van der Waals surface area contributed by atoms with Crippen molar-refractivity contribution >= 4 is 44.3 Å². The van der Waals surface area contributed by atoms with Crippen molar-refractivity contribution < 1.29 is 14.3 Å². The van der Waals surface area contributed by atoms with Gasteiger partial charge in [-0.3, -0.25) is 4.79 Å². The van der Waals surface area contributed by atoms with Crippen LogP contribution in [0.3, 0.4) is 0 Å². The number of nitrogens with one attached hydrogen (secondary N) is 1. The number of carbonyl (C=O) groups is 2. The van der Waals surface area contributed by atoms with Crippen LogP contribution in [0.25, 0.3) is 0 Å². The van der Waals surface area contributed by atoms with Crippen molar-refractivity contribution in [3.63, 3.8) is 0 Å². The summed E-state index contributed by atoms with van der Waals surface area (Å²) in [5, 5.41) is 3.03. The van der Waals surface area contributed by atoms with E-state index in [0.717, 1.165) is 11.3 Å². The Morgan fingerprint density at radius 1 is 1.47 bits per heavy atom. The number of nitrogens with zero attached hydrogens (tertiary/aromatic N) is 1. The number of aromatic nitrogens is 1. The number of rotatable bonds is 3. The summed E-state index contributed by atoms with van der Waals surface area (Å²) in [5.41, 5.74) is 0.546. The first-order chi connectivity index (χ1) is 7.75. The predicted octanol–water partition coefficient (Wildman–Crippen LogP) is 2.35. The van der Waals surface area contributed by atoms with Gasteiger partial charge in [0, 0.05) is 0 Å². The smallest absolute Gasteiger partial charge is 0.350 e. The molecule has 7 heteroatoms. The fourth-order valence-corrected chi connectivity index (χ4v) is 1.96. The number of amides is 1. The second kappa shape index (κ2) is 5.14. The van der Waals surface area contributed by atoms with Gasteiger partial charge in [0.1, 0.15) is 4.88 Å². The third kappa shape index (κ3) is 3.50. The quantitative estimate of drug-likeness (QED) is 0.685. The Balaban J connectivity index is 2.88. The average Bonchev–Trinajstić information content (AvgIpc) is 2.57. The molecule has 0 atom stereocenters. The maximum atomic E-state index is 11.7. The molecule has 0 aliphatic heterocycles. The number of aryl methyl sites for hydroxylation is 1. The van der Waals surface area contributed by atoms with Gasteiger partial charge in [-0.15, -0.1) is 0 Å². The number of hydrogen-bond acceptors (Lipinski definition) is 5. The van der Waals surface area contributed by atoms with Crippen LogP contribution >= 0.6 is 27.3 Å². The van der Waals surface area contributed by atoms with E-state index < -0.39 is 10.3 Å². The second-order valence-electron chi connectivity index (χ2n) is 3.85. The standard InChI is InChI=1S/C10H13BrN2O3S/c1-5-6(7(14)16-4)17-9(12-5)13-8(15)10(2,3)11/h1-4H3,(H,12,13,15). The van der Waals surface area contributed by atoms with Crippen LogP contribution < -0.4 is 5.32 Å². The van der Waals surface area contributed by atoms with Crippen LogP contribution in [-0.2, 0) is 9.53 Å². The molecule has 5 nitrogen and oxygen atoms in total. The Kier molecular flexibility index (Phi) is 4.26. The summed E-state index contributed by atoms with van der Waals surface area (Å²) < 4.78 is 3.93. The van der Waals surface area contributed by atoms with Crippen molar-refractivity contribution in [2.75, 3.05) is 12.4 Å². The number of thiazole rings is 1. The molecule has 0 aliphatic rings. The van der Waals surface area contributed by atoms with Gasteiger partial charge in [-0.05, 0) is 20.8 Å². The van der Waals surface area contributed by atoms with Crippen LogP contribution in [0, 0.1) is 6.92 Å². The minimum Gasteiger partial charge on any atom is -0.465 e. The number of anilines is 1. The van der Waals surface area contributed by atoms with Crippen molar-refractivity contribution in [1.82, 2.24) is 4.98 Å². The normalized spacial score (nSPS) is 11.1. The van der Waals surface area contributed by atoms with Crippen molar-refractivity contribution in [3.8, 4) is 0 Å². The molecule has 1 aromatic rings. The molecule has 1 amide bonds. The lowest BCUT2D eigenvalue weighted by Gasteiger charge is -2.13. The van der Waals surface area contributed by atoms with Gasteiger partial charge < -0.3 is 10.1 Å². The van der Waals surface area contributed by atoms with Crippen LogP contribution in [0.2, 0.25) is 0 Å². The highest BCUT2D eigenvalue weighted by Crippen LogP contribution is 2.25. The lowest BCUT2D eigenvalue weighted by Crippen LogP contribution is -2.30. The molecule has 1 rings (SSSR count). The van der Waals surface area contributed by atoms with E-state index in [1.165, 1.54) is 7.11 Å². The number of methoxy groups -OCH3 is 1. The molecule has 0 radical (unpaired) electrons. The van der Waals surface area contributed by atoms with Crippen molar-refractivity contribution in [1.29, 1.82) is 0 Å². The zero-order chi connectivity index (χ0) is 13.2. The van der Waals surface area contributed by atoms with E-state index in [0.29, 0.717) is 15.7 Å². The fraction of sp³-hybridized carbons (Fsp3) is 0.500. The molecule has 0 bridgehead atoms. The first-order valence-corrected chi connectivity index (χ1v) is 6.42. The number of carbonyl (C=O) groups excluding carboxylic acids is 2. The van der Waals surface area contributed by atoms with E-state index >= 15 is 0 Å². The molecule has 0 aromatic carbocycles. The molecule has 0 unspecified atom stereocenters. The summed E-state index contributed by atoms with van der Waals surface area (Å²) in [6.07, 6.45) is 0. The van der Waals surface area contributed by atoms with E-state index in [-0.39, 0.29) is 5.91 Å². The molecular weight excluding hydrogens is 308 g/mol. The first-order valence-electron chi connectivity index (χ1n) is 4.82. The van der Waals surface area contributed by atoms with Crippen molar-refractivity contribution in [2.24, 2.45) is 0 Å². The molecule has 1 N–H and O–H groups in total. The Morgan fingerprint density at radius 2 is 2.06 bits per heavy atom. The zero-order valence-electron chi connectivity index (χ0n) is 9.96. The van der Waals surface area contributed by atoms with Gasteiger partial charge in [0.2, 0.25) is 5.91 Å². The second-order valence-corrected chi connectivity index (χ2v) is 6.83. The van der Waals surface area contributed by atoms with Crippen molar-refractivity contribution in [3.05, 3.63) is 10.6 Å². The summed E-state index contributed by atoms with van der Waals surface area (Å²) in [4.78, 5) is 27.5. The highest BCUT2D eigenvalue weighted by Gasteiger charge is 2.25. The lowest BCUT2D eigenvalue weighted by molar-refractivity contribution is -0.117. The number of alkyl halides is 1. The summed E-state index contributed by atoms with van der Waals surface area (Å²) in [7, 11) is 1.31. The van der Waals surface area contributed by atoms with E-state index in [2.05, 4.69) is 31.0 Å². The molecule has 94 valence electrons. The topological polar surface area (TPSA) is 68.3 Å². The van der Waals surface area contributed by atoms with E-state index in [9.17, 15) is 9.59 Å². The molecular formula is C10H13BrN2O3S. The summed E-state index contributed by atoms with van der Waals surface area (Å²) in [6.45, 7) is 5.14. The molecule has 1 heterocycles. The number of ether oxygens (including phenoxy) is 1. The maximum absolute atomic E-state index is 11.7. The van der Waals surface area contributed by atoms with Crippen LogP contribution in [0.1, 0.15) is 29.2 Å². The van der Waals surface area contributed by atoms with Crippen LogP contribution in [0.15, 0.2) is 0 Å². The largest absolute Gasteiger partial charge is 0.465 e. The first kappa shape index (κ1) is 14.1. The maximum Gasteiger partial charge on any atom is 0.350 e. The lowest BCUT2D eigenvalue weighted by atomic mass is 10.2. The van der Waals surface area contributed by atoms with Crippen LogP contribution in [0.4, 0.5) is 5.13 Å². The van der Waals surface area contributed by atoms with E-state index in [1.807, 2.05) is 0 Å². The minimum atomic E-state index is -0.683. The molecule has 0 fully saturated rings. The Bertz CT molecular complexity index is 451. The van der Waals surface area contributed by atoms with Gasteiger partial charge in [-0.2, -0.15) is 0 Å². The van der Waals surface area contributed by atoms with E-state index in [1.54, 1.807) is 20.8 Å². The minimum absolute atomic E-state index is 0.220. The molecule has 0 spiro atoms. The Hall–Kier alpha value is -0.950.